The van der Waals surface area contributed by atoms with Crippen LogP contribution in [0.15, 0.2) is 121 Å². The molecule has 9 rings (SSSR count). The number of benzene rings is 6. The van der Waals surface area contributed by atoms with Crippen molar-refractivity contribution in [1.82, 2.24) is 0 Å². The summed E-state index contributed by atoms with van der Waals surface area (Å²) in [6.45, 7) is 6.81. The average Bonchev–Trinajstić information content (AvgIpc) is 4.18. The maximum atomic E-state index is 6.42. The van der Waals surface area contributed by atoms with E-state index in [9.17, 15) is 0 Å². The number of rotatable bonds is 20. The Bertz CT molecular complexity index is 2080. The molecule has 2 fully saturated rings. The predicted molar refractivity (Wildman–Crippen MR) is 213 cm³/mol. The Hall–Kier alpha value is -4.80. The molecule has 2 saturated heterocycles. The van der Waals surface area contributed by atoms with Crippen molar-refractivity contribution >= 4 is 21.5 Å². The topological polar surface area (TPSA) is 80.4 Å². The molecule has 2 aliphatic heterocycles. The van der Waals surface area contributed by atoms with Gasteiger partial charge in [0.2, 0.25) is 0 Å². The standard InChI is InChI=1S/C47H46O8/c1-3-15-41-35(9-1)36-10-2-4-16-42(36)47(41,43-17-5-13-39-37(43)11-7-19-45(39)52-27-25-48-21-23-50-29-33-31-54-33)44-18-6-14-40-38(44)12-8-20-46(40)53-28-26-49-22-24-51-30-34-32-55-34/h1-20,33-34H,21-32H2. The zero-order valence-corrected chi connectivity index (χ0v) is 31.0. The number of hydrogen-bond acceptors (Lipinski definition) is 8. The van der Waals surface area contributed by atoms with Crippen LogP contribution in [0.2, 0.25) is 0 Å². The van der Waals surface area contributed by atoms with Gasteiger partial charge in [-0.1, -0.05) is 109 Å². The first-order chi connectivity index (χ1) is 27.3. The van der Waals surface area contributed by atoms with Crippen molar-refractivity contribution in [2.45, 2.75) is 17.6 Å². The second-order valence-electron chi connectivity index (χ2n) is 14.1. The van der Waals surface area contributed by atoms with Crippen LogP contribution < -0.4 is 9.47 Å². The van der Waals surface area contributed by atoms with Crippen molar-refractivity contribution in [2.24, 2.45) is 0 Å². The first kappa shape index (κ1) is 35.9. The minimum atomic E-state index is -0.632. The molecule has 2 atom stereocenters. The molecule has 0 amide bonds. The van der Waals surface area contributed by atoms with Crippen LogP contribution in [0.5, 0.6) is 11.5 Å². The first-order valence-electron chi connectivity index (χ1n) is 19.4. The van der Waals surface area contributed by atoms with Crippen LogP contribution in [0.4, 0.5) is 0 Å². The van der Waals surface area contributed by atoms with Gasteiger partial charge >= 0.3 is 0 Å². The number of hydrogen-bond donors (Lipinski definition) is 0. The van der Waals surface area contributed by atoms with Crippen molar-refractivity contribution in [3.05, 3.63) is 144 Å². The fraction of sp³-hybridized carbons (Fsp3) is 0.319. The summed E-state index contributed by atoms with van der Waals surface area (Å²) in [6, 6.07) is 43.7. The van der Waals surface area contributed by atoms with Gasteiger partial charge in [0, 0.05) is 10.8 Å². The van der Waals surface area contributed by atoms with Gasteiger partial charge in [-0.25, -0.2) is 0 Å². The van der Waals surface area contributed by atoms with E-state index in [4.69, 9.17) is 37.9 Å². The highest BCUT2D eigenvalue weighted by atomic mass is 16.6. The van der Waals surface area contributed by atoms with Crippen molar-refractivity contribution in [3.63, 3.8) is 0 Å². The SMILES string of the molecule is c1ccc2c(c1)-c1ccccc1C2(c1cccc2c(OCCOCCOCC3CO3)cccc12)c1cccc2c(OCCOCCOCC3CO3)cccc12. The monoisotopic (exact) mass is 738 g/mol. The quantitative estimate of drug-likeness (QED) is 0.0576. The minimum absolute atomic E-state index is 0.261. The van der Waals surface area contributed by atoms with Crippen molar-refractivity contribution in [2.75, 3.05) is 79.3 Å². The Kier molecular flexibility index (Phi) is 10.8. The second-order valence-corrected chi connectivity index (χ2v) is 14.1. The summed E-state index contributed by atoms with van der Waals surface area (Å²) in [5, 5.41) is 4.39. The van der Waals surface area contributed by atoms with E-state index >= 15 is 0 Å². The third kappa shape index (κ3) is 7.46. The Morgan fingerprint density at radius 3 is 1.25 bits per heavy atom. The molecule has 6 aromatic rings. The van der Waals surface area contributed by atoms with Crippen molar-refractivity contribution in [1.29, 1.82) is 0 Å². The molecule has 282 valence electrons. The fourth-order valence-corrected chi connectivity index (χ4v) is 8.05. The number of ether oxygens (including phenoxy) is 8. The minimum Gasteiger partial charge on any atom is -0.491 e. The number of fused-ring (bicyclic) bond motifs is 5. The van der Waals surface area contributed by atoms with Gasteiger partial charge in [0.25, 0.3) is 0 Å². The molecule has 55 heavy (non-hydrogen) atoms. The maximum Gasteiger partial charge on any atom is 0.127 e. The Balaban J connectivity index is 1.05. The van der Waals surface area contributed by atoms with Crippen molar-refractivity contribution < 1.29 is 37.9 Å². The summed E-state index contributed by atoms with van der Waals surface area (Å²) in [5.41, 5.74) is 6.74. The third-order valence-electron chi connectivity index (χ3n) is 10.7. The van der Waals surface area contributed by atoms with Crippen LogP contribution in [-0.4, -0.2) is 91.5 Å². The Morgan fingerprint density at radius 2 is 0.782 bits per heavy atom. The highest BCUT2D eigenvalue weighted by Gasteiger charge is 2.47. The van der Waals surface area contributed by atoms with Crippen LogP contribution in [0.1, 0.15) is 22.3 Å². The van der Waals surface area contributed by atoms with Gasteiger partial charge < -0.3 is 37.9 Å². The summed E-state index contributed by atoms with van der Waals surface area (Å²) in [7, 11) is 0. The molecule has 0 saturated carbocycles. The zero-order valence-electron chi connectivity index (χ0n) is 31.0. The first-order valence-corrected chi connectivity index (χ1v) is 19.4. The molecule has 0 bridgehead atoms. The summed E-state index contributed by atoms with van der Waals surface area (Å²) in [4.78, 5) is 0. The normalized spacial score (nSPS) is 17.6. The molecule has 8 heteroatoms. The lowest BCUT2D eigenvalue weighted by Gasteiger charge is -2.36. The summed E-state index contributed by atoms with van der Waals surface area (Å²) < 4.78 is 46.1. The van der Waals surface area contributed by atoms with Gasteiger partial charge in [-0.2, -0.15) is 0 Å². The molecule has 3 aliphatic rings. The van der Waals surface area contributed by atoms with E-state index in [2.05, 4.69) is 121 Å². The Morgan fingerprint density at radius 1 is 0.400 bits per heavy atom. The van der Waals surface area contributed by atoms with Gasteiger partial charge in [-0.3, -0.25) is 0 Å². The highest BCUT2D eigenvalue weighted by Crippen LogP contribution is 2.58. The van der Waals surface area contributed by atoms with E-state index in [0.29, 0.717) is 66.1 Å². The molecule has 2 heterocycles. The van der Waals surface area contributed by atoms with E-state index in [1.54, 1.807) is 0 Å². The largest absolute Gasteiger partial charge is 0.491 e. The Labute approximate surface area is 321 Å². The van der Waals surface area contributed by atoms with Gasteiger partial charge in [0.1, 0.15) is 36.9 Å². The van der Waals surface area contributed by atoms with Crippen LogP contribution in [0.25, 0.3) is 32.7 Å². The molecule has 0 spiro atoms. The van der Waals surface area contributed by atoms with E-state index in [1.807, 2.05) is 0 Å². The van der Waals surface area contributed by atoms with E-state index in [1.165, 1.54) is 33.4 Å². The zero-order chi connectivity index (χ0) is 36.9. The number of epoxide rings is 2. The molecule has 8 nitrogen and oxygen atoms in total. The lowest BCUT2D eigenvalue weighted by atomic mass is 9.65. The second kappa shape index (κ2) is 16.5. The van der Waals surface area contributed by atoms with Crippen LogP contribution in [0.3, 0.4) is 0 Å². The molecule has 0 aromatic heterocycles. The summed E-state index contributed by atoms with van der Waals surface area (Å²) >= 11 is 0. The smallest absolute Gasteiger partial charge is 0.127 e. The molecule has 0 radical (unpaired) electrons. The molecule has 1 aliphatic carbocycles. The van der Waals surface area contributed by atoms with Gasteiger partial charge in [-0.15, -0.1) is 0 Å². The summed E-state index contributed by atoms with van der Waals surface area (Å²) in [5.74, 6) is 1.67. The molecule has 2 unspecified atom stereocenters. The highest BCUT2D eigenvalue weighted by molar-refractivity contribution is 6.00. The average molecular weight is 739 g/mol. The molecular weight excluding hydrogens is 693 g/mol. The lowest BCUT2D eigenvalue weighted by molar-refractivity contribution is 0.0318. The fourth-order valence-electron chi connectivity index (χ4n) is 8.05. The lowest BCUT2D eigenvalue weighted by Crippen LogP contribution is -2.29. The molecular formula is C47H46O8. The van der Waals surface area contributed by atoms with E-state index < -0.39 is 5.41 Å². The third-order valence-corrected chi connectivity index (χ3v) is 10.7. The van der Waals surface area contributed by atoms with Crippen LogP contribution in [-0.2, 0) is 33.8 Å². The van der Waals surface area contributed by atoms with Gasteiger partial charge in [-0.05, 0) is 56.3 Å². The van der Waals surface area contributed by atoms with Crippen LogP contribution >= 0.6 is 0 Å². The predicted octanol–water partition coefficient (Wildman–Crippen LogP) is 7.98. The summed E-state index contributed by atoms with van der Waals surface area (Å²) in [6.07, 6.45) is 0.521. The molecule has 6 aromatic carbocycles. The maximum absolute atomic E-state index is 6.42. The van der Waals surface area contributed by atoms with E-state index in [0.717, 1.165) is 46.3 Å². The van der Waals surface area contributed by atoms with Crippen LogP contribution in [0, 0.1) is 0 Å². The van der Waals surface area contributed by atoms with Gasteiger partial charge in [0.05, 0.1) is 71.5 Å². The van der Waals surface area contributed by atoms with Gasteiger partial charge in [0.15, 0.2) is 0 Å². The van der Waals surface area contributed by atoms with Crippen molar-refractivity contribution in [3.8, 4) is 22.6 Å². The molecule has 0 N–H and O–H groups in total. The van der Waals surface area contributed by atoms with E-state index in [-0.39, 0.29) is 12.2 Å².